The van der Waals surface area contributed by atoms with Crippen molar-refractivity contribution >= 4 is 11.0 Å². The van der Waals surface area contributed by atoms with Crippen molar-refractivity contribution in [3.8, 4) is 57.1 Å². The lowest BCUT2D eigenvalue weighted by Crippen LogP contribution is -2.18. The molecule has 0 spiro atoms. The van der Waals surface area contributed by atoms with Gasteiger partial charge in [0, 0.05) is 28.7 Å². The van der Waals surface area contributed by atoms with Crippen LogP contribution < -0.4 is 4.74 Å². The van der Waals surface area contributed by atoms with Crippen LogP contribution >= 0.6 is 0 Å². The summed E-state index contributed by atoms with van der Waals surface area (Å²) in [5.74, 6) is 1.90. The van der Waals surface area contributed by atoms with E-state index in [1.165, 1.54) is 4.80 Å². The van der Waals surface area contributed by atoms with E-state index in [0.717, 1.165) is 79.1 Å². The monoisotopic (exact) mass is 760 g/mol. The molecule has 0 saturated carbocycles. The fourth-order valence-electron chi connectivity index (χ4n) is 7.22. The zero-order valence-corrected chi connectivity index (χ0v) is 33.4. The summed E-state index contributed by atoms with van der Waals surface area (Å²) >= 11 is 0. The molecule has 57 heavy (non-hydrogen) atoms. The van der Waals surface area contributed by atoms with Gasteiger partial charge in [-0.15, -0.1) is 15.0 Å². The largest absolute Gasteiger partial charge is 0.507 e. The number of rotatable bonds is 17. The number of hydrogen-bond acceptors (Lipinski definition) is 8. The Labute approximate surface area is 335 Å². The summed E-state index contributed by atoms with van der Waals surface area (Å²) in [4.78, 5) is 16.2. The van der Waals surface area contributed by atoms with Crippen LogP contribution in [0.3, 0.4) is 0 Å². The van der Waals surface area contributed by atoms with Crippen LogP contribution in [0.15, 0.2) is 109 Å². The summed E-state index contributed by atoms with van der Waals surface area (Å²) in [6.45, 7) is 9.38. The highest BCUT2D eigenvalue weighted by Crippen LogP contribution is 2.42. The lowest BCUT2D eigenvalue weighted by Gasteiger charge is -2.27. The highest BCUT2D eigenvalue weighted by Gasteiger charge is 2.27. The van der Waals surface area contributed by atoms with Gasteiger partial charge in [0.05, 0.1) is 12.2 Å². The van der Waals surface area contributed by atoms with Gasteiger partial charge in [-0.05, 0) is 54.2 Å². The number of nitrogens with zero attached hydrogens (tertiary/aromatic N) is 6. The summed E-state index contributed by atoms with van der Waals surface area (Å²) in [5, 5.41) is 34.1. The molecule has 5 aromatic carbocycles. The molecule has 0 bridgehead atoms. The van der Waals surface area contributed by atoms with Gasteiger partial charge >= 0.3 is 0 Å². The molecule has 2 aromatic heterocycles. The predicted octanol–water partition coefficient (Wildman–Crippen LogP) is 11.4. The third kappa shape index (κ3) is 8.99. The molecular formula is C48H52N6O3. The number of ether oxygens (including phenoxy) is 1. The third-order valence-corrected chi connectivity index (χ3v) is 10.7. The van der Waals surface area contributed by atoms with E-state index >= 15 is 0 Å². The second kappa shape index (κ2) is 17.8. The van der Waals surface area contributed by atoms with E-state index in [1.54, 1.807) is 0 Å². The molecule has 0 saturated heterocycles. The van der Waals surface area contributed by atoms with Crippen LogP contribution in [0.25, 0.3) is 50.9 Å². The van der Waals surface area contributed by atoms with E-state index < -0.39 is 0 Å². The first kappa shape index (κ1) is 39.2. The van der Waals surface area contributed by atoms with Crippen molar-refractivity contribution in [2.45, 2.75) is 90.9 Å². The summed E-state index contributed by atoms with van der Waals surface area (Å²) in [6, 6.07) is 35.0. The Morgan fingerprint density at radius 3 is 1.81 bits per heavy atom. The van der Waals surface area contributed by atoms with Gasteiger partial charge in [0.2, 0.25) is 0 Å². The third-order valence-electron chi connectivity index (χ3n) is 10.7. The highest BCUT2D eigenvalue weighted by molar-refractivity contribution is 5.75. The molecule has 0 fully saturated rings. The molecule has 7 aromatic rings. The summed E-state index contributed by atoms with van der Waals surface area (Å²) in [7, 11) is 0. The number of aromatic nitrogens is 6. The Bertz CT molecular complexity index is 2340. The van der Waals surface area contributed by atoms with Crippen molar-refractivity contribution in [1.82, 2.24) is 29.9 Å². The Balaban J connectivity index is 1.38. The van der Waals surface area contributed by atoms with Gasteiger partial charge in [-0.2, -0.15) is 0 Å². The van der Waals surface area contributed by atoms with Gasteiger partial charge in [0.25, 0.3) is 0 Å². The van der Waals surface area contributed by atoms with Crippen LogP contribution in [-0.4, -0.2) is 46.8 Å². The predicted molar refractivity (Wildman–Crippen MR) is 228 cm³/mol. The van der Waals surface area contributed by atoms with Crippen molar-refractivity contribution in [2.75, 3.05) is 6.61 Å². The molecule has 2 heterocycles. The number of phenols is 2. The topological polar surface area (TPSA) is 119 Å². The lowest BCUT2D eigenvalue weighted by molar-refractivity contribution is 0.300. The maximum atomic E-state index is 12.4. The van der Waals surface area contributed by atoms with E-state index in [-0.39, 0.29) is 23.3 Å². The van der Waals surface area contributed by atoms with Crippen molar-refractivity contribution in [2.24, 2.45) is 0 Å². The average Bonchev–Trinajstić information content (AvgIpc) is 3.67. The molecule has 0 aliphatic heterocycles. The number of fused-ring (bicyclic) bond motifs is 1. The van der Waals surface area contributed by atoms with Crippen molar-refractivity contribution in [1.29, 1.82) is 0 Å². The minimum Gasteiger partial charge on any atom is -0.507 e. The van der Waals surface area contributed by atoms with E-state index in [9.17, 15) is 10.2 Å². The smallest absolute Gasteiger partial charge is 0.167 e. The molecular weight excluding hydrogens is 709 g/mol. The Morgan fingerprint density at radius 2 is 1.19 bits per heavy atom. The SMILES string of the molecule is CCCCCCOc1ccc(-c2nc(-c3ccccc3)nc(-c3ccccc3)n2)c(O)c1Cc1cc(C(C)(C)CCCCC)cc(-n2nc3ccccc3n2)c1O. The normalized spacial score (nSPS) is 11.6. The molecule has 0 amide bonds. The Morgan fingerprint density at radius 1 is 0.614 bits per heavy atom. The second-order valence-corrected chi connectivity index (χ2v) is 15.4. The highest BCUT2D eigenvalue weighted by atomic mass is 16.5. The fraction of sp³-hybridized carbons (Fsp3) is 0.312. The van der Waals surface area contributed by atoms with E-state index in [2.05, 4.69) is 33.8 Å². The minimum atomic E-state index is -0.214. The quantitative estimate of drug-likeness (QED) is 0.0881. The lowest BCUT2D eigenvalue weighted by atomic mass is 9.78. The fourth-order valence-corrected chi connectivity index (χ4v) is 7.22. The second-order valence-electron chi connectivity index (χ2n) is 15.4. The van der Waals surface area contributed by atoms with Crippen molar-refractivity contribution in [3.63, 3.8) is 0 Å². The molecule has 292 valence electrons. The molecule has 0 aliphatic rings. The van der Waals surface area contributed by atoms with Gasteiger partial charge < -0.3 is 14.9 Å². The zero-order chi connectivity index (χ0) is 39.8. The van der Waals surface area contributed by atoms with Gasteiger partial charge in [-0.1, -0.05) is 145 Å². The molecule has 0 radical (unpaired) electrons. The van der Waals surface area contributed by atoms with Gasteiger partial charge in [-0.25, -0.2) is 15.0 Å². The average molecular weight is 761 g/mol. The van der Waals surface area contributed by atoms with Crippen LogP contribution in [-0.2, 0) is 11.8 Å². The van der Waals surface area contributed by atoms with Gasteiger partial charge in [0.1, 0.15) is 34.0 Å². The summed E-state index contributed by atoms with van der Waals surface area (Å²) in [5.41, 5.74) is 6.06. The number of phenolic OH excluding ortho intramolecular Hbond substituents is 2. The van der Waals surface area contributed by atoms with Gasteiger partial charge in [-0.3, -0.25) is 0 Å². The van der Waals surface area contributed by atoms with Crippen LogP contribution in [0.1, 0.15) is 95.8 Å². The number of unbranched alkanes of at least 4 members (excludes halogenated alkanes) is 5. The Kier molecular flexibility index (Phi) is 12.2. The first-order valence-corrected chi connectivity index (χ1v) is 20.3. The number of hydrogen-bond donors (Lipinski definition) is 2. The molecule has 9 nitrogen and oxygen atoms in total. The van der Waals surface area contributed by atoms with Crippen LogP contribution in [0, 0.1) is 0 Å². The van der Waals surface area contributed by atoms with Crippen molar-refractivity contribution < 1.29 is 14.9 Å². The summed E-state index contributed by atoms with van der Waals surface area (Å²) in [6.07, 6.45) is 8.68. The number of benzene rings is 5. The van der Waals surface area contributed by atoms with E-state index in [4.69, 9.17) is 29.9 Å². The van der Waals surface area contributed by atoms with Gasteiger partial charge in [0.15, 0.2) is 17.5 Å². The van der Waals surface area contributed by atoms with Crippen LogP contribution in [0.5, 0.6) is 17.2 Å². The van der Waals surface area contributed by atoms with Crippen LogP contribution in [0.2, 0.25) is 0 Å². The van der Waals surface area contributed by atoms with Crippen LogP contribution in [0.4, 0.5) is 0 Å². The molecule has 7 rings (SSSR count). The van der Waals surface area contributed by atoms with Crippen molar-refractivity contribution in [3.05, 3.63) is 126 Å². The first-order valence-electron chi connectivity index (χ1n) is 20.3. The summed E-state index contributed by atoms with van der Waals surface area (Å²) < 4.78 is 6.45. The molecule has 2 N–H and O–H groups in total. The first-order chi connectivity index (χ1) is 27.8. The zero-order valence-electron chi connectivity index (χ0n) is 33.4. The van der Waals surface area contributed by atoms with E-state index in [0.29, 0.717) is 52.2 Å². The molecule has 9 heteroatoms. The maximum Gasteiger partial charge on any atom is 0.167 e. The molecule has 0 unspecified atom stereocenters. The standard InChI is InChI=1S/C48H52N6O3/c1-5-7-9-19-29-57-42-27-26-37(47-50-45(33-20-12-10-13-21-33)49-46(51-47)34-22-14-11-15-23-34)44(56)38(42)31-35-30-36(48(3,4)28-18-8-6-2)32-41(43(35)55)54-52-39-24-16-17-25-40(39)53-54/h10-17,20-27,30,32,55-56H,5-9,18-19,28-29,31H2,1-4H3. The Hall–Kier alpha value is -6.09. The number of aromatic hydroxyl groups is 2. The molecule has 0 atom stereocenters. The maximum absolute atomic E-state index is 12.4. The molecule has 0 aliphatic carbocycles. The van der Waals surface area contributed by atoms with E-state index in [1.807, 2.05) is 103 Å². The minimum absolute atomic E-state index is 0.0122.